The lowest BCUT2D eigenvalue weighted by molar-refractivity contribution is 0.0960. The molecule has 3 nitrogen and oxygen atoms in total. The lowest BCUT2D eigenvalue weighted by Gasteiger charge is -2.02. The van der Waals surface area contributed by atoms with Gasteiger partial charge < -0.3 is 10.1 Å². The van der Waals surface area contributed by atoms with E-state index < -0.39 is 0 Å². The number of rotatable bonds is 5. The Bertz CT molecular complexity index is 590. The largest absolute Gasteiger partial charge is 0.497 e. The molecule has 0 atom stereocenters. The molecule has 0 spiro atoms. The highest BCUT2D eigenvalue weighted by Gasteiger charge is 2.13. The molecule has 0 saturated carbocycles. The summed E-state index contributed by atoms with van der Waals surface area (Å²) in [7, 11) is 1.65. The summed E-state index contributed by atoms with van der Waals surface area (Å²) in [5.41, 5.74) is 2.18. The zero-order valence-electron chi connectivity index (χ0n) is 11.5. The van der Waals surface area contributed by atoms with Crippen molar-refractivity contribution >= 4 is 29.9 Å². The molecule has 1 aromatic carbocycles. The van der Waals surface area contributed by atoms with Crippen molar-refractivity contribution in [1.29, 1.82) is 0 Å². The molecular weight excluding hydrogens is 290 g/mol. The van der Waals surface area contributed by atoms with Crippen molar-refractivity contribution < 1.29 is 9.53 Å². The van der Waals surface area contributed by atoms with Crippen molar-refractivity contribution in [2.75, 3.05) is 19.4 Å². The molecule has 0 aliphatic heterocycles. The second-order valence-electron chi connectivity index (χ2n) is 4.29. The van der Waals surface area contributed by atoms with E-state index in [1.807, 2.05) is 37.3 Å². The van der Waals surface area contributed by atoms with Crippen LogP contribution in [0.1, 0.15) is 14.5 Å². The molecule has 0 unspecified atom stereocenters. The van der Waals surface area contributed by atoms with Gasteiger partial charge in [0.05, 0.1) is 12.0 Å². The van der Waals surface area contributed by atoms with E-state index in [0.29, 0.717) is 12.3 Å². The van der Waals surface area contributed by atoms with Crippen molar-refractivity contribution in [3.05, 3.63) is 40.1 Å². The summed E-state index contributed by atoms with van der Waals surface area (Å²) in [5, 5.41) is 2.83. The number of aryl methyl sites for hydroxylation is 1. The van der Waals surface area contributed by atoms with Gasteiger partial charge in [-0.1, -0.05) is 12.1 Å². The van der Waals surface area contributed by atoms with E-state index in [1.165, 1.54) is 11.3 Å². The van der Waals surface area contributed by atoms with Crippen molar-refractivity contribution in [1.82, 2.24) is 5.32 Å². The molecule has 1 aromatic heterocycles. The highest BCUT2D eigenvalue weighted by molar-refractivity contribution is 7.80. The number of carbonyl (C=O) groups is 1. The van der Waals surface area contributed by atoms with Gasteiger partial charge in [0.2, 0.25) is 0 Å². The monoisotopic (exact) mass is 307 g/mol. The second-order valence-corrected chi connectivity index (χ2v) is 5.99. The highest BCUT2D eigenvalue weighted by Crippen LogP contribution is 2.31. The SMILES string of the molecule is COc1ccc(-c2cc(C(=O)NCCS)sc2C)cc1. The molecular formula is C15H17NO2S2. The molecule has 20 heavy (non-hydrogen) atoms. The lowest BCUT2D eigenvalue weighted by Crippen LogP contribution is -2.24. The number of thiophene rings is 1. The van der Waals surface area contributed by atoms with E-state index in [4.69, 9.17) is 4.74 Å². The first-order valence-electron chi connectivity index (χ1n) is 6.29. The Balaban J connectivity index is 2.24. The number of thiol groups is 1. The first kappa shape index (κ1) is 14.9. The minimum atomic E-state index is -0.0353. The number of hydrogen-bond acceptors (Lipinski definition) is 4. The number of hydrogen-bond donors (Lipinski definition) is 2. The number of benzene rings is 1. The van der Waals surface area contributed by atoms with Gasteiger partial charge in [0.1, 0.15) is 5.75 Å². The van der Waals surface area contributed by atoms with Crippen LogP contribution in [0.4, 0.5) is 0 Å². The van der Waals surface area contributed by atoms with Gasteiger partial charge in [-0.2, -0.15) is 12.6 Å². The van der Waals surface area contributed by atoms with Gasteiger partial charge in [0.15, 0.2) is 0 Å². The standard InChI is InChI=1S/C15H17NO2S2/c1-10-13(11-3-5-12(18-2)6-4-11)9-14(20-10)15(17)16-7-8-19/h3-6,9,19H,7-8H2,1-2H3,(H,16,17). The van der Waals surface area contributed by atoms with Crippen LogP contribution in [0.3, 0.4) is 0 Å². The highest BCUT2D eigenvalue weighted by atomic mass is 32.1. The third-order valence-electron chi connectivity index (χ3n) is 2.94. The zero-order chi connectivity index (χ0) is 14.5. The summed E-state index contributed by atoms with van der Waals surface area (Å²) in [4.78, 5) is 13.8. The summed E-state index contributed by atoms with van der Waals surface area (Å²) in [6, 6.07) is 9.79. The first-order chi connectivity index (χ1) is 9.65. The van der Waals surface area contributed by atoms with E-state index in [9.17, 15) is 4.79 Å². The van der Waals surface area contributed by atoms with Crippen molar-refractivity contribution in [2.24, 2.45) is 0 Å². The Morgan fingerprint density at radius 1 is 1.35 bits per heavy atom. The van der Waals surface area contributed by atoms with Crippen LogP contribution in [0, 0.1) is 6.92 Å². The van der Waals surface area contributed by atoms with Crippen LogP contribution in [0.2, 0.25) is 0 Å². The summed E-state index contributed by atoms with van der Waals surface area (Å²) >= 11 is 5.60. The minimum absolute atomic E-state index is 0.0353. The van der Waals surface area contributed by atoms with Gasteiger partial charge in [-0.3, -0.25) is 4.79 Å². The van der Waals surface area contributed by atoms with Crippen LogP contribution in [-0.4, -0.2) is 25.3 Å². The molecule has 0 bridgehead atoms. The van der Waals surface area contributed by atoms with E-state index >= 15 is 0 Å². The molecule has 1 amide bonds. The van der Waals surface area contributed by atoms with Crippen LogP contribution in [0.15, 0.2) is 30.3 Å². The minimum Gasteiger partial charge on any atom is -0.497 e. The normalized spacial score (nSPS) is 10.3. The second kappa shape index (κ2) is 6.81. The van der Waals surface area contributed by atoms with Gasteiger partial charge in [0, 0.05) is 17.2 Å². The fraction of sp³-hybridized carbons (Fsp3) is 0.267. The fourth-order valence-corrected chi connectivity index (χ4v) is 2.98. The lowest BCUT2D eigenvalue weighted by atomic mass is 10.1. The molecule has 0 aliphatic rings. The van der Waals surface area contributed by atoms with Gasteiger partial charge >= 0.3 is 0 Å². The topological polar surface area (TPSA) is 38.3 Å². The molecule has 106 valence electrons. The van der Waals surface area contributed by atoms with Crippen LogP contribution in [-0.2, 0) is 0 Å². The van der Waals surface area contributed by atoms with E-state index in [2.05, 4.69) is 17.9 Å². The van der Waals surface area contributed by atoms with Crippen LogP contribution in [0.25, 0.3) is 11.1 Å². The molecule has 0 aliphatic carbocycles. The van der Waals surface area contributed by atoms with Crippen molar-refractivity contribution in [2.45, 2.75) is 6.92 Å². The molecule has 2 aromatic rings. The van der Waals surface area contributed by atoms with Gasteiger partial charge in [0.25, 0.3) is 5.91 Å². The molecule has 5 heteroatoms. The number of ether oxygens (including phenoxy) is 1. The van der Waals surface area contributed by atoms with Crippen LogP contribution >= 0.6 is 24.0 Å². The Morgan fingerprint density at radius 3 is 2.65 bits per heavy atom. The third-order valence-corrected chi connectivity index (χ3v) is 4.21. The Kier molecular flexibility index (Phi) is 5.09. The van der Waals surface area contributed by atoms with Crippen molar-refractivity contribution in [3.8, 4) is 16.9 Å². The number of carbonyl (C=O) groups excluding carboxylic acids is 1. The van der Waals surface area contributed by atoms with E-state index in [-0.39, 0.29) is 5.91 Å². The summed E-state index contributed by atoms with van der Waals surface area (Å²) in [6.45, 7) is 2.61. The van der Waals surface area contributed by atoms with Gasteiger partial charge in [-0.05, 0) is 36.2 Å². The first-order valence-corrected chi connectivity index (χ1v) is 7.74. The molecule has 1 N–H and O–H groups in total. The predicted molar refractivity (Wildman–Crippen MR) is 87.2 cm³/mol. The average molecular weight is 307 g/mol. The summed E-state index contributed by atoms with van der Waals surface area (Å²) in [6.07, 6.45) is 0. The fourth-order valence-electron chi connectivity index (χ4n) is 1.91. The Hall–Kier alpha value is -1.46. The van der Waals surface area contributed by atoms with Gasteiger partial charge in [-0.15, -0.1) is 11.3 Å². The molecule has 0 saturated heterocycles. The quantitative estimate of drug-likeness (QED) is 0.831. The molecule has 1 heterocycles. The van der Waals surface area contributed by atoms with Crippen molar-refractivity contribution in [3.63, 3.8) is 0 Å². The van der Waals surface area contributed by atoms with Crippen LogP contribution < -0.4 is 10.1 Å². The average Bonchev–Trinajstić information content (AvgIpc) is 2.87. The molecule has 0 radical (unpaired) electrons. The maximum absolute atomic E-state index is 11.9. The number of methoxy groups -OCH3 is 1. The molecule has 2 rings (SSSR count). The summed E-state index contributed by atoms with van der Waals surface area (Å²) < 4.78 is 5.15. The summed E-state index contributed by atoms with van der Waals surface area (Å²) in [5.74, 6) is 1.43. The smallest absolute Gasteiger partial charge is 0.261 e. The Labute approximate surface area is 128 Å². The maximum atomic E-state index is 11.9. The van der Waals surface area contributed by atoms with Crippen LogP contribution in [0.5, 0.6) is 5.75 Å². The molecule has 0 fully saturated rings. The van der Waals surface area contributed by atoms with E-state index in [1.54, 1.807) is 7.11 Å². The maximum Gasteiger partial charge on any atom is 0.261 e. The predicted octanol–water partition coefficient (Wildman–Crippen LogP) is 3.39. The number of amides is 1. The van der Waals surface area contributed by atoms with Gasteiger partial charge in [-0.25, -0.2) is 0 Å². The van der Waals surface area contributed by atoms with E-state index in [0.717, 1.165) is 26.6 Å². The number of nitrogens with one attached hydrogen (secondary N) is 1. The third kappa shape index (κ3) is 3.35. The Morgan fingerprint density at radius 2 is 2.05 bits per heavy atom. The zero-order valence-corrected chi connectivity index (χ0v) is 13.2.